The van der Waals surface area contributed by atoms with Gasteiger partial charge < -0.3 is 31.9 Å². The van der Waals surface area contributed by atoms with Crippen LogP contribution in [0.25, 0.3) is 0 Å². The Hall–Kier alpha value is -0.0494. The first-order chi connectivity index (χ1) is 11.4. The minimum atomic E-state index is -2.77. The Bertz CT molecular complexity index is 345. The zero-order chi connectivity index (χ0) is 18.6. The first-order valence-electron chi connectivity index (χ1n) is 7.79. The molecule has 0 aromatic carbocycles. The molecule has 0 aromatic rings. The van der Waals surface area contributed by atoms with Crippen LogP contribution in [0.3, 0.4) is 0 Å². The fourth-order valence-corrected chi connectivity index (χ4v) is 7.72. The largest absolute Gasteiger partial charge is 0.529 e. The summed E-state index contributed by atoms with van der Waals surface area (Å²) in [5, 5.41) is 0. The number of hydrogen-bond acceptors (Lipinski definition) is 7. The third kappa shape index (κ3) is 8.36. The molecule has 0 saturated carbocycles. The van der Waals surface area contributed by atoms with Crippen LogP contribution in [0.2, 0.25) is 6.04 Å². The van der Waals surface area contributed by atoms with Crippen molar-refractivity contribution in [3.63, 3.8) is 0 Å². The molecule has 0 unspecified atom stereocenters. The molecule has 24 heavy (non-hydrogen) atoms. The molecule has 0 aliphatic heterocycles. The molecule has 0 heterocycles. The van der Waals surface area contributed by atoms with Crippen LogP contribution >= 0.6 is 0 Å². The van der Waals surface area contributed by atoms with E-state index in [1.165, 1.54) is 0 Å². The molecule has 0 saturated heterocycles. The Morgan fingerprint density at radius 2 is 1.54 bits per heavy atom. The molecule has 0 aromatic heterocycles. The smallest absolute Gasteiger partial charge is 0.397 e. The van der Waals surface area contributed by atoms with Gasteiger partial charge in [0.1, 0.15) is 0 Å². The summed E-state index contributed by atoms with van der Waals surface area (Å²) < 4.78 is 27.5. The van der Waals surface area contributed by atoms with Crippen LogP contribution in [-0.4, -0.2) is 107 Å². The van der Waals surface area contributed by atoms with Crippen LogP contribution in [-0.2, 0) is 22.1 Å². The van der Waals surface area contributed by atoms with Crippen molar-refractivity contribution < 1.29 is 22.1 Å². The van der Waals surface area contributed by atoms with E-state index in [4.69, 9.17) is 22.1 Å². The Morgan fingerprint density at radius 1 is 1.00 bits per heavy atom. The molecule has 3 radical (unpaired) electrons. The molecule has 0 bridgehead atoms. The second kappa shape index (κ2) is 13.2. The van der Waals surface area contributed by atoms with Gasteiger partial charge in [-0.25, -0.2) is 0 Å². The second-order valence-corrected chi connectivity index (χ2v) is 12.1. The quantitative estimate of drug-likeness (QED) is 0.400. The van der Waals surface area contributed by atoms with Crippen LogP contribution in [0.1, 0.15) is 6.42 Å². The van der Waals surface area contributed by atoms with E-state index in [1.54, 1.807) is 35.5 Å². The predicted molar refractivity (Wildman–Crippen MR) is 101 cm³/mol. The van der Waals surface area contributed by atoms with Gasteiger partial charge in [0.2, 0.25) is 0 Å². The maximum atomic E-state index is 5.63. The summed E-state index contributed by atoms with van der Waals surface area (Å²) in [5.74, 6) is 0. The Kier molecular flexibility index (Phi) is 13.2. The highest BCUT2D eigenvalue weighted by Crippen LogP contribution is 2.17. The van der Waals surface area contributed by atoms with Gasteiger partial charge in [-0.05, 0) is 38.4 Å². The fraction of sp³-hybridized carbons (Fsp3) is 0.857. The Labute approximate surface area is 152 Å². The van der Waals surface area contributed by atoms with Gasteiger partial charge >= 0.3 is 18.1 Å². The average molecular weight is 394 g/mol. The van der Waals surface area contributed by atoms with Crippen molar-refractivity contribution in [3.05, 3.63) is 11.0 Å². The molecular formula is C14H33N2O5Si3. The van der Waals surface area contributed by atoms with Crippen molar-refractivity contribution in [1.29, 1.82) is 0 Å². The van der Waals surface area contributed by atoms with Crippen molar-refractivity contribution in [3.8, 4) is 0 Å². The highest BCUT2D eigenvalue weighted by atomic mass is 28.4. The summed E-state index contributed by atoms with van der Waals surface area (Å²) in [6, 6.07) is 0.985. The van der Waals surface area contributed by atoms with E-state index in [0.29, 0.717) is 9.52 Å². The Morgan fingerprint density at radius 3 is 1.96 bits per heavy atom. The third-order valence-corrected chi connectivity index (χ3v) is 10.2. The van der Waals surface area contributed by atoms with Gasteiger partial charge in [-0.2, -0.15) is 0 Å². The number of rotatable bonds is 14. The molecule has 0 rings (SSSR count). The van der Waals surface area contributed by atoms with E-state index in [9.17, 15) is 0 Å². The van der Waals surface area contributed by atoms with E-state index in [2.05, 4.69) is 18.1 Å². The van der Waals surface area contributed by atoms with Gasteiger partial charge in [0.05, 0.1) is 9.52 Å². The van der Waals surface area contributed by atoms with Crippen molar-refractivity contribution in [2.24, 2.45) is 0 Å². The van der Waals surface area contributed by atoms with E-state index in [-0.39, 0.29) is 0 Å². The number of hydrogen-bond donors (Lipinski definition) is 0. The summed E-state index contributed by atoms with van der Waals surface area (Å²) in [6.07, 6.45) is 4.06. The van der Waals surface area contributed by atoms with Crippen LogP contribution in [0.4, 0.5) is 0 Å². The molecule has 0 N–H and O–H groups in total. The van der Waals surface area contributed by atoms with E-state index >= 15 is 0 Å². The lowest BCUT2D eigenvalue weighted by Gasteiger charge is -2.29. The van der Waals surface area contributed by atoms with Crippen molar-refractivity contribution >= 4 is 27.6 Å². The first-order valence-corrected chi connectivity index (χ1v) is 12.2. The first kappa shape index (κ1) is 24.0. The lowest BCUT2D eigenvalue weighted by Crippen LogP contribution is -2.49. The van der Waals surface area contributed by atoms with Gasteiger partial charge in [0.15, 0.2) is 0 Å². The standard InChI is InChI=1S/C14H33N2O5Si3/c1-15(2)12-14(24(19-6,20-7)21-8)22-13-16(3)10-9-11-23(17-4)18-5/h12H,9-11,13H2,1-8H3. The third-order valence-electron chi connectivity index (χ3n) is 3.44. The summed E-state index contributed by atoms with van der Waals surface area (Å²) >= 11 is 0. The molecular weight excluding hydrogens is 360 g/mol. The lowest BCUT2D eigenvalue weighted by molar-refractivity contribution is 0.136. The highest BCUT2D eigenvalue weighted by molar-refractivity contribution is 6.83. The van der Waals surface area contributed by atoms with Gasteiger partial charge in [-0.15, -0.1) is 0 Å². The van der Waals surface area contributed by atoms with Crippen LogP contribution in [0.15, 0.2) is 11.0 Å². The van der Waals surface area contributed by atoms with Crippen molar-refractivity contribution in [2.45, 2.75) is 12.5 Å². The Balaban J connectivity index is 4.62. The molecule has 10 heteroatoms. The van der Waals surface area contributed by atoms with E-state index in [1.807, 2.05) is 19.0 Å². The minimum absolute atomic E-state index is 0.552. The highest BCUT2D eigenvalue weighted by Gasteiger charge is 2.43. The second-order valence-electron chi connectivity index (χ2n) is 5.47. The maximum absolute atomic E-state index is 5.63. The van der Waals surface area contributed by atoms with Crippen molar-refractivity contribution in [2.75, 3.05) is 69.4 Å². The normalized spacial score (nSPS) is 13.2. The maximum Gasteiger partial charge on any atom is 0.529 e. The predicted octanol–water partition coefficient (Wildman–Crippen LogP) is 0.571. The van der Waals surface area contributed by atoms with Crippen LogP contribution in [0, 0.1) is 0 Å². The molecule has 141 valence electrons. The van der Waals surface area contributed by atoms with Gasteiger partial charge in [-0.3, -0.25) is 0 Å². The molecule has 0 fully saturated rings. The molecule has 7 nitrogen and oxygen atoms in total. The monoisotopic (exact) mass is 393 g/mol. The molecule has 0 aliphatic rings. The van der Waals surface area contributed by atoms with Gasteiger partial charge in [-0.1, -0.05) is 0 Å². The molecule has 0 spiro atoms. The molecule has 0 atom stereocenters. The summed E-state index contributed by atoms with van der Waals surface area (Å²) in [7, 11) is 11.2. The van der Waals surface area contributed by atoms with Crippen molar-refractivity contribution in [1.82, 2.24) is 9.80 Å². The van der Waals surface area contributed by atoms with E-state index in [0.717, 1.165) is 30.0 Å². The van der Waals surface area contributed by atoms with Crippen LogP contribution in [0.5, 0.6) is 0 Å². The SMILES string of the molecule is CO[Si](CCCN(C)C[Si]C(=CN(C)C)[Si](OC)(OC)OC)OC. The van der Waals surface area contributed by atoms with Gasteiger partial charge in [0.25, 0.3) is 0 Å². The summed E-state index contributed by atoms with van der Waals surface area (Å²) in [6.45, 7) is 1.00. The zero-order valence-corrected chi connectivity index (χ0v) is 19.3. The average Bonchev–Trinajstić information content (AvgIpc) is 2.58. The zero-order valence-electron chi connectivity index (χ0n) is 16.3. The topological polar surface area (TPSA) is 52.6 Å². The summed E-state index contributed by atoms with van der Waals surface area (Å²) in [5.41, 5.74) is 0. The lowest BCUT2D eigenvalue weighted by atomic mass is 10.5. The minimum Gasteiger partial charge on any atom is -0.397 e. The van der Waals surface area contributed by atoms with E-state index < -0.39 is 18.1 Å². The molecule has 0 aliphatic carbocycles. The van der Waals surface area contributed by atoms with Crippen LogP contribution < -0.4 is 0 Å². The van der Waals surface area contributed by atoms with Gasteiger partial charge in [0, 0.05) is 54.5 Å². The fourth-order valence-electron chi connectivity index (χ4n) is 2.15. The summed E-state index contributed by atoms with van der Waals surface area (Å²) in [4.78, 5) is 5.42. The number of nitrogens with zero attached hydrogens (tertiary/aromatic N) is 2. The molecule has 0 amide bonds.